The summed E-state index contributed by atoms with van der Waals surface area (Å²) in [5.74, 6) is 0.763. The van der Waals surface area contributed by atoms with Crippen LogP contribution in [0.1, 0.15) is 12.8 Å². The zero-order valence-electron chi connectivity index (χ0n) is 7.37. The highest BCUT2D eigenvalue weighted by Gasteiger charge is 2.12. The van der Waals surface area contributed by atoms with Crippen molar-refractivity contribution < 1.29 is 0 Å². The SMILES string of the molecule is Clc1ncc(Br)c(NC2CC=CC2)n1. The van der Waals surface area contributed by atoms with Crippen LogP contribution in [-0.4, -0.2) is 16.0 Å². The number of rotatable bonds is 2. The molecule has 1 aliphatic carbocycles. The number of anilines is 1. The minimum Gasteiger partial charge on any atom is -0.366 e. The van der Waals surface area contributed by atoms with Crippen molar-refractivity contribution in [2.45, 2.75) is 18.9 Å². The van der Waals surface area contributed by atoms with Crippen LogP contribution in [-0.2, 0) is 0 Å². The third-order valence-corrected chi connectivity index (χ3v) is 2.83. The van der Waals surface area contributed by atoms with Gasteiger partial charge >= 0.3 is 0 Å². The lowest BCUT2D eigenvalue weighted by Crippen LogP contribution is -2.16. The first-order valence-electron chi connectivity index (χ1n) is 4.35. The molecule has 0 aliphatic heterocycles. The van der Waals surface area contributed by atoms with E-state index in [-0.39, 0.29) is 5.28 Å². The van der Waals surface area contributed by atoms with Gasteiger partial charge in [-0.3, -0.25) is 0 Å². The average molecular weight is 275 g/mol. The molecular weight excluding hydrogens is 265 g/mol. The Morgan fingerprint density at radius 1 is 1.43 bits per heavy atom. The lowest BCUT2D eigenvalue weighted by molar-refractivity contribution is 0.778. The summed E-state index contributed by atoms with van der Waals surface area (Å²) in [7, 11) is 0. The highest BCUT2D eigenvalue weighted by molar-refractivity contribution is 9.10. The Morgan fingerprint density at radius 3 is 2.86 bits per heavy atom. The summed E-state index contributed by atoms with van der Waals surface area (Å²) in [5, 5.41) is 3.57. The van der Waals surface area contributed by atoms with Crippen LogP contribution in [0, 0.1) is 0 Å². The molecule has 2 rings (SSSR count). The molecule has 0 radical (unpaired) electrons. The van der Waals surface area contributed by atoms with Gasteiger partial charge in [-0.2, -0.15) is 4.98 Å². The molecule has 0 atom stereocenters. The van der Waals surface area contributed by atoms with E-state index < -0.39 is 0 Å². The van der Waals surface area contributed by atoms with E-state index in [9.17, 15) is 0 Å². The molecule has 0 saturated carbocycles. The Kier molecular flexibility index (Phi) is 3.03. The van der Waals surface area contributed by atoms with Crippen molar-refractivity contribution in [1.29, 1.82) is 0 Å². The quantitative estimate of drug-likeness (QED) is 0.665. The van der Waals surface area contributed by atoms with Crippen molar-refractivity contribution in [2.75, 3.05) is 5.32 Å². The van der Waals surface area contributed by atoms with Crippen LogP contribution in [0.25, 0.3) is 0 Å². The Hall–Kier alpha value is -0.610. The maximum Gasteiger partial charge on any atom is 0.224 e. The fourth-order valence-corrected chi connectivity index (χ4v) is 1.81. The van der Waals surface area contributed by atoms with Crippen molar-refractivity contribution in [2.24, 2.45) is 0 Å². The van der Waals surface area contributed by atoms with Crippen molar-refractivity contribution in [3.05, 3.63) is 28.1 Å². The maximum atomic E-state index is 5.70. The normalized spacial score (nSPS) is 16.1. The third kappa shape index (κ3) is 2.25. The largest absolute Gasteiger partial charge is 0.366 e. The minimum atomic E-state index is 0.265. The predicted molar refractivity (Wildman–Crippen MR) is 60.5 cm³/mol. The van der Waals surface area contributed by atoms with Crippen molar-refractivity contribution in [3.8, 4) is 0 Å². The lowest BCUT2D eigenvalue weighted by atomic mass is 10.2. The monoisotopic (exact) mass is 273 g/mol. The lowest BCUT2D eigenvalue weighted by Gasteiger charge is -2.13. The zero-order chi connectivity index (χ0) is 9.97. The van der Waals surface area contributed by atoms with Crippen LogP contribution in [0.15, 0.2) is 22.8 Å². The summed E-state index contributed by atoms with van der Waals surface area (Å²) < 4.78 is 0.841. The molecule has 0 saturated heterocycles. The molecule has 0 unspecified atom stereocenters. The van der Waals surface area contributed by atoms with Gasteiger partial charge < -0.3 is 5.32 Å². The molecule has 1 aliphatic rings. The average Bonchev–Trinajstić information content (AvgIpc) is 2.64. The summed E-state index contributed by atoms with van der Waals surface area (Å²) in [4.78, 5) is 7.97. The fraction of sp³-hybridized carbons (Fsp3) is 0.333. The first kappa shape index (κ1) is 9.93. The second-order valence-corrected chi connectivity index (χ2v) is 4.31. The number of hydrogen-bond donors (Lipinski definition) is 1. The van der Waals surface area contributed by atoms with Crippen LogP contribution in [0.3, 0.4) is 0 Å². The van der Waals surface area contributed by atoms with Crippen LogP contribution in [0.4, 0.5) is 5.82 Å². The van der Waals surface area contributed by atoms with E-state index in [0.717, 1.165) is 23.1 Å². The Bertz CT molecular complexity index is 359. The van der Waals surface area contributed by atoms with E-state index in [0.29, 0.717) is 6.04 Å². The van der Waals surface area contributed by atoms with E-state index in [1.165, 1.54) is 0 Å². The van der Waals surface area contributed by atoms with Gasteiger partial charge in [0.15, 0.2) is 0 Å². The molecule has 1 aromatic rings. The molecule has 74 valence electrons. The first-order chi connectivity index (χ1) is 6.75. The Balaban J connectivity index is 2.11. The van der Waals surface area contributed by atoms with E-state index in [1.54, 1.807) is 6.20 Å². The highest BCUT2D eigenvalue weighted by atomic mass is 79.9. The number of halogens is 2. The number of nitrogens with zero attached hydrogens (tertiary/aromatic N) is 2. The van der Waals surface area contributed by atoms with Crippen molar-refractivity contribution in [3.63, 3.8) is 0 Å². The highest BCUT2D eigenvalue weighted by Crippen LogP contribution is 2.23. The van der Waals surface area contributed by atoms with Gasteiger partial charge in [-0.25, -0.2) is 4.98 Å². The van der Waals surface area contributed by atoms with Gasteiger partial charge in [0.1, 0.15) is 5.82 Å². The van der Waals surface area contributed by atoms with Gasteiger partial charge in [-0.15, -0.1) is 0 Å². The van der Waals surface area contributed by atoms with Crippen LogP contribution < -0.4 is 5.32 Å². The van der Waals surface area contributed by atoms with Gasteiger partial charge in [-0.1, -0.05) is 12.2 Å². The smallest absolute Gasteiger partial charge is 0.224 e. The van der Waals surface area contributed by atoms with E-state index in [4.69, 9.17) is 11.6 Å². The molecule has 0 spiro atoms. The summed E-state index contributed by atoms with van der Waals surface area (Å²) in [6.07, 6.45) is 8.05. The van der Waals surface area contributed by atoms with E-state index >= 15 is 0 Å². The van der Waals surface area contributed by atoms with Crippen molar-refractivity contribution in [1.82, 2.24) is 9.97 Å². The molecular formula is C9H9BrClN3. The summed E-state index contributed by atoms with van der Waals surface area (Å²) in [6, 6.07) is 0.428. The van der Waals surface area contributed by atoms with Gasteiger partial charge in [0.25, 0.3) is 0 Å². The van der Waals surface area contributed by atoms with Gasteiger partial charge in [-0.05, 0) is 40.4 Å². The molecule has 14 heavy (non-hydrogen) atoms. The Morgan fingerprint density at radius 2 is 2.14 bits per heavy atom. The van der Waals surface area contributed by atoms with Gasteiger partial charge in [0, 0.05) is 12.2 Å². The minimum absolute atomic E-state index is 0.265. The Labute approximate surface area is 95.7 Å². The molecule has 1 aromatic heterocycles. The van der Waals surface area contributed by atoms with Crippen LogP contribution in [0.2, 0.25) is 5.28 Å². The summed E-state index contributed by atoms with van der Waals surface area (Å²) in [6.45, 7) is 0. The molecule has 1 N–H and O–H groups in total. The summed E-state index contributed by atoms with van der Waals surface area (Å²) in [5.41, 5.74) is 0. The molecule has 0 fully saturated rings. The second kappa shape index (κ2) is 4.28. The molecule has 1 heterocycles. The molecule has 3 nitrogen and oxygen atoms in total. The zero-order valence-corrected chi connectivity index (χ0v) is 9.72. The van der Waals surface area contributed by atoms with Crippen LogP contribution in [0.5, 0.6) is 0 Å². The number of nitrogens with one attached hydrogen (secondary N) is 1. The molecule has 0 aromatic carbocycles. The first-order valence-corrected chi connectivity index (χ1v) is 5.52. The fourth-order valence-electron chi connectivity index (χ4n) is 1.38. The summed E-state index contributed by atoms with van der Waals surface area (Å²) >= 11 is 9.07. The standard InChI is InChI=1S/C9H9BrClN3/c10-7-5-12-9(11)14-8(7)13-6-3-1-2-4-6/h1-2,5-6H,3-4H2,(H,12,13,14). The second-order valence-electron chi connectivity index (χ2n) is 3.12. The maximum absolute atomic E-state index is 5.70. The number of hydrogen-bond acceptors (Lipinski definition) is 3. The van der Waals surface area contributed by atoms with Gasteiger partial charge in [0.05, 0.1) is 4.47 Å². The van der Waals surface area contributed by atoms with Crippen molar-refractivity contribution >= 4 is 33.3 Å². The molecule has 0 amide bonds. The van der Waals surface area contributed by atoms with E-state index in [2.05, 4.69) is 43.4 Å². The number of aromatic nitrogens is 2. The third-order valence-electron chi connectivity index (χ3n) is 2.06. The molecule has 5 heteroatoms. The predicted octanol–water partition coefficient (Wildman–Crippen LogP) is 3.02. The molecule has 0 bridgehead atoms. The van der Waals surface area contributed by atoms with Crippen LogP contribution >= 0.6 is 27.5 Å². The van der Waals surface area contributed by atoms with E-state index in [1.807, 2.05) is 0 Å². The van der Waals surface area contributed by atoms with Gasteiger partial charge in [0.2, 0.25) is 5.28 Å². The topological polar surface area (TPSA) is 37.8 Å².